The van der Waals surface area contributed by atoms with Gasteiger partial charge in [-0.05, 0) is 37.1 Å². The van der Waals surface area contributed by atoms with Gasteiger partial charge in [-0.3, -0.25) is 14.6 Å². The molecule has 2 atom stereocenters. The lowest BCUT2D eigenvalue weighted by Gasteiger charge is -2.33. The molecule has 2 fully saturated rings. The minimum Gasteiger partial charge on any atom is -0.380 e. The van der Waals surface area contributed by atoms with E-state index in [0.717, 1.165) is 42.5 Å². The lowest BCUT2D eigenvalue weighted by molar-refractivity contribution is -0.129. The van der Waals surface area contributed by atoms with E-state index in [2.05, 4.69) is 21.3 Å². The van der Waals surface area contributed by atoms with Crippen molar-refractivity contribution in [3.63, 3.8) is 0 Å². The number of nitriles is 1. The van der Waals surface area contributed by atoms with Crippen molar-refractivity contribution in [1.29, 1.82) is 5.26 Å². The topological polar surface area (TPSA) is 98.6 Å². The Kier molecular flexibility index (Phi) is 6.59. The van der Waals surface area contributed by atoms with Crippen molar-refractivity contribution in [1.82, 2.24) is 15.2 Å². The van der Waals surface area contributed by atoms with Crippen LogP contribution in [0.4, 0.5) is 5.69 Å². The van der Waals surface area contributed by atoms with Crippen LogP contribution in [0.15, 0.2) is 30.5 Å². The highest BCUT2D eigenvalue weighted by Gasteiger charge is 2.29. The van der Waals surface area contributed by atoms with E-state index in [1.807, 2.05) is 18.2 Å². The lowest BCUT2D eigenvalue weighted by atomic mass is 10.0. The number of amides is 2. The fourth-order valence-corrected chi connectivity index (χ4v) is 5.15. The van der Waals surface area contributed by atoms with Crippen LogP contribution in [0, 0.1) is 11.3 Å². The first-order valence-electron chi connectivity index (χ1n) is 10.3. The average Bonchev–Trinajstić information content (AvgIpc) is 3.30. The number of nitrogens with zero attached hydrogens (tertiary/aromatic N) is 4. The van der Waals surface area contributed by atoms with Gasteiger partial charge in [0.25, 0.3) is 5.91 Å². The molecule has 9 heteroatoms. The number of pyridine rings is 1. The molecule has 2 aromatic rings. The minimum atomic E-state index is -0.431. The van der Waals surface area contributed by atoms with Crippen LogP contribution in [0.2, 0.25) is 0 Å². The highest BCUT2D eigenvalue weighted by Crippen LogP contribution is 2.27. The van der Waals surface area contributed by atoms with Crippen molar-refractivity contribution in [2.24, 2.45) is 0 Å². The third-order valence-corrected chi connectivity index (χ3v) is 6.81. The molecule has 2 aliphatic rings. The van der Waals surface area contributed by atoms with Gasteiger partial charge in [-0.25, -0.2) is 0 Å². The Hall–Kier alpha value is -2.83. The number of fused-ring (bicyclic) bond motifs is 1. The van der Waals surface area contributed by atoms with Crippen LogP contribution in [0.1, 0.15) is 23.2 Å². The Morgan fingerprint density at radius 3 is 3.06 bits per heavy atom. The first kappa shape index (κ1) is 21.4. The number of hydrogen-bond donors (Lipinski definition) is 1. The quantitative estimate of drug-likeness (QED) is 0.761. The monoisotopic (exact) mass is 439 g/mol. The predicted molar refractivity (Wildman–Crippen MR) is 120 cm³/mol. The largest absolute Gasteiger partial charge is 0.380 e. The van der Waals surface area contributed by atoms with E-state index >= 15 is 0 Å². The van der Waals surface area contributed by atoms with Crippen LogP contribution >= 0.6 is 11.8 Å². The van der Waals surface area contributed by atoms with E-state index in [1.54, 1.807) is 31.1 Å². The molecule has 31 heavy (non-hydrogen) atoms. The molecule has 0 spiro atoms. The summed E-state index contributed by atoms with van der Waals surface area (Å²) in [5.41, 5.74) is 2.23. The highest BCUT2D eigenvalue weighted by atomic mass is 32.2. The Balaban J connectivity index is 1.51. The number of piperidine rings is 1. The number of benzene rings is 1. The van der Waals surface area contributed by atoms with E-state index < -0.39 is 6.04 Å². The summed E-state index contributed by atoms with van der Waals surface area (Å²) in [6.07, 6.45) is 3.90. The summed E-state index contributed by atoms with van der Waals surface area (Å²) in [4.78, 5) is 33.5. The van der Waals surface area contributed by atoms with Gasteiger partial charge in [-0.15, -0.1) is 11.8 Å². The van der Waals surface area contributed by atoms with Gasteiger partial charge < -0.3 is 19.9 Å². The van der Waals surface area contributed by atoms with Crippen molar-refractivity contribution < 1.29 is 14.3 Å². The van der Waals surface area contributed by atoms with E-state index in [0.29, 0.717) is 17.2 Å². The van der Waals surface area contributed by atoms with Crippen molar-refractivity contribution in [2.45, 2.75) is 25.0 Å². The second-order valence-electron chi connectivity index (χ2n) is 7.70. The van der Waals surface area contributed by atoms with Crippen LogP contribution in [-0.2, 0) is 9.53 Å². The molecule has 0 saturated carbocycles. The molecular formula is C22H25N5O3S. The summed E-state index contributed by atoms with van der Waals surface area (Å²) in [5.74, 6) is 0.510. The Labute approximate surface area is 185 Å². The minimum absolute atomic E-state index is 0.136. The van der Waals surface area contributed by atoms with Gasteiger partial charge in [0.05, 0.1) is 35.7 Å². The number of hydrogen-bond acceptors (Lipinski definition) is 7. The zero-order valence-electron chi connectivity index (χ0n) is 17.4. The van der Waals surface area contributed by atoms with Crippen LogP contribution < -0.4 is 10.2 Å². The normalized spacial score (nSPS) is 21.2. The van der Waals surface area contributed by atoms with Crippen LogP contribution in [0.25, 0.3) is 10.9 Å². The SMILES string of the molecule is COC1CCCN(c2ccc3nccc(C(=O)NCC(=O)N4CSC[C@H]4C#N)c3c2)C1. The fraction of sp³-hybridized carbons (Fsp3) is 0.455. The van der Waals surface area contributed by atoms with Gasteiger partial charge in [0, 0.05) is 43.2 Å². The maximum absolute atomic E-state index is 12.9. The van der Waals surface area contributed by atoms with Crippen molar-refractivity contribution >= 4 is 40.2 Å². The fourth-order valence-electron chi connectivity index (χ4n) is 4.04. The first-order chi connectivity index (χ1) is 15.1. The number of carbonyl (C=O) groups is 2. The molecule has 3 heterocycles. The zero-order chi connectivity index (χ0) is 21.8. The van der Waals surface area contributed by atoms with E-state index in [4.69, 9.17) is 10.00 Å². The van der Waals surface area contributed by atoms with Crippen molar-refractivity contribution in [3.05, 3.63) is 36.0 Å². The number of nitrogens with one attached hydrogen (secondary N) is 1. The lowest BCUT2D eigenvalue weighted by Crippen LogP contribution is -2.42. The third-order valence-electron chi connectivity index (χ3n) is 5.80. The molecule has 162 valence electrons. The maximum Gasteiger partial charge on any atom is 0.252 e. The highest BCUT2D eigenvalue weighted by molar-refractivity contribution is 7.99. The molecule has 4 rings (SSSR count). The number of ether oxygens (including phenoxy) is 1. The number of thioether (sulfide) groups is 1. The molecule has 1 unspecified atom stereocenters. The smallest absolute Gasteiger partial charge is 0.252 e. The third kappa shape index (κ3) is 4.60. The second kappa shape index (κ2) is 9.54. The number of rotatable bonds is 5. The van der Waals surface area contributed by atoms with Crippen molar-refractivity contribution in [3.8, 4) is 6.07 Å². The zero-order valence-corrected chi connectivity index (χ0v) is 18.2. The average molecular weight is 440 g/mol. The van der Waals surface area contributed by atoms with E-state index in [-0.39, 0.29) is 24.5 Å². The van der Waals surface area contributed by atoms with Crippen LogP contribution in [0.3, 0.4) is 0 Å². The molecule has 1 aromatic heterocycles. The van der Waals surface area contributed by atoms with Gasteiger partial charge in [0.2, 0.25) is 5.91 Å². The molecule has 2 aliphatic heterocycles. The summed E-state index contributed by atoms with van der Waals surface area (Å²) in [6, 6.07) is 9.30. The number of anilines is 1. The predicted octanol–water partition coefficient (Wildman–Crippen LogP) is 2.00. The molecule has 1 N–H and O–H groups in total. The standard InChI is InChI=1S/C22H25N5O3S/c1-30-17-3-2-8-26(12-17)15-4-5-20-19(9-15)18(6-7-24-20)22(29)25-11-21(28)27-14-31-13-16(27)10-23/h4-7,9,16-17H,2-3,8,11-14H2,1H3,(H,25,29)/t16-,17?/m1/s1. The van der Waals surface area contributed by atoms with Crippen LogP contribution in [0.5, 0.6) is 0 Å². The van der Waals surface area contributed by atoms with Crippen LogP contribution in [-0.4, -0.2) is 72.2 Å². The molecule has 1 aromatic carbocycles. The van der Waals surface area contributed by atoms with Gasteiger partial charge in [-0.1, -0.05) is 0 Å². The molecule has 0 aliphatic carbocycles. The summed E-state index contributed by atoms with van der Waals surface area (Å²) >= 11 is 1.54. The van der Waals surface area contributed by atoms with Gasteiger partial charge >= 0.3 is 0 Å². The summed E-state index contributed by atoms with van der Waals surface area (Å²) in [6.45, 7) is 1.62. The number of methoxy groups -OCH3 is 1. The Morgan fingerprint density at radius 2 is 2.26 bits per heavy atom. The Morgan fingerprint density at radius 1 is 1.39 bits per heavy atom. The van der Waals surface area contributed by atoms with E-state index in [1.165, 1.54) is 4.90 Å². The van der Waals surface area contributed by atoms with Gasteiger partial charge in [0.15, 0.2) is 0 Å². The van der Waals surface area contributed by atoms with Gasteiger partial charge in [0.1, 0.15) is 6.04 Å². The Bertz CT molecular complexity index is 1020. The van der Waals surface area contributed by atoms with Crippen molar-refractivity contribution in [2.75, 3.05) is 43.3 Å². The first-order valence-corrected chi connectivity index (χ1v) is 11.5. The van der Waals surface area contributed by atoms with E-state index in [9.17, 15) is 9.59 Å². The molecule has 2 amide bonds. The molecule has 0 radical (unpaired) electrons. The summed E-state index contributed by atoms with van der Waals surface area (Å²) < 4.78 is 5.53. The van der Waals surface area contributed by atoms with Gasteiger partial charge in [-0.2, -0.15) is 5.26 Å². The molecule has 8 nitrogen and oxygen atoms in total. The molecule has 0 bridgehead atoms. The summed E-state index contributed by atoms with van der Waals surface area (Å²) in [7, 11) is 1.74. The number of aromatic nitrogens is 1. The number of carbonyl (C=O) groups excluding carboxylic acids is 2. The second-order valence-corrected chi connectivity index (χ2v) is 8.70. The molecular weight excluding hydrogens is 414 g/mol. The summed E-state index contributed by atoms with van der Waals surface area (Å²) in [5, 5.41) is 12.6. The maximum atomic E-state index is 12.9. The molecule has 2 saturated heterocycles.